The van der Waals surface area contributed by atoms with Crippen LogP contribution in [0.2, 0.25) is 5.15 Å². The summed E-state index contributed by atoms with van der Waals surface area (Å²) in [5, 5.41) is 5.03. The fraction of sp³-hybridized carbons (Fsp3) is 0.231. The highest BCUT2D eigenvalue weighted by Gasteiger charge is 2.27. The molecule has 1 aliphatic carbocycles. The fourth-order valence-corrected chi connectivity index (χ4v) is 2.32. The summed E-state index contributed by atoms with van der Waals surface area (Å²) in [5.41, 5.74) is 3.26. The Hall–Kier alpha value is -2.01. The Bertz CT molecular complexity index is 748. The zero-order valence-corrected chi connectivity index (χ0v) is 10.7. The molecule has 3 heterocycles. The van der Waals surface area contributed by atoms with Crippen LogP contribution in [0.15, 0.2) is 30.7 Å². The van der Waals surface area contributed by atoms with Crippen LogP contribution in [-0.2, 0) is 0 Å². The molecule has 6 heteroatoms. The highest BCUT2D eigenvalue weighted by molar-refractivity contribution is 6.30. The summed E-state index contributed by atoms with van der Waals surface area (Å²) in [4.78, 5) is 12.8. The van der Waals surface area contributed by atoms with Gasteiger partial charge in [-0.25, -0.2) is 9.50 Å². The largest absolute Gasteiger partial charge is 0.261 e. The van der Waals surface area contributed by atoms with Crippen molar-refractivity contribution in [1.29, 1.82) is 0 Å². The molecule has 1 saturated carbocycles. The molecular formula is C13H10ClN5. The van der Waals surface area contributed by atoms with E-state index in [1.54, 1.807) is 29.2 Å². The van der Waals surface area contributed by atoms with Crippen molar-refractivity contribution < 1.29 is 0 Å². The van der Waals surface area contributed by atoms with Gasteiger partial charge in [0.25, 0.3) is 0 Å². The number of fused-ring (bicyclic) bond motifs is 1. The number of rotatable bonds is 2. The molecule has 0 amide bonds. The van der Waals surface area contributed by atoms with Gasteiger partial charge in [-0.3, -0.25) is 9.97 Å². The second kappa shape index (κ2) is 3.99. The molecule has 0 atom stereocenters. The average molecular weight is 272 g/mol. The van der Waals surface area contributed by atoms with E-state index in [1.165, 1.54) is 12.8 Å². The van der Waals surface area contributed by atoms with Crippen molar-refractivity contribution >= 4 is 17.2 Å². The van der Waals surface area contributed by atoms with E-state index in [4.69, 9.17) is 11.6 Å². The standard InChI is InChI=1S/C13H10ClN5/c14-12-5-10(11-7-15-3-4-16-11)17-13-6-9(8-1-2-8)18-19(12)13/h3-8H,1-2H2. The van der Waals surface area contributed by atoms with Crippen molar-refractivity contribution in [2.45, 2.75) is 18.8 Å². The van der Waals surface area contributed by atoms with Crippen molar-refractivity contribution in [1.82, 2.24) is 24.6 Å². The molecule has 0 aromatic carbocycles. The van der Waals surface area contributed by atoms with Crippen LogP contribution >= 0.6 is 11.6 Å². The lowest BCUT2D eigenvalue weighted by Gasteiger charge is -2.01. The number of aromatic nitrogens is 5. The normalized spacial score (nSPS) is 15.0. The molecule has 4 rings (SSSR count). The van der Waals surface area contributed by atoms with E-state index >= 15 is 0 Å². The smallest absolute Gasteiger partial charge is 0.157 e. The van der Waals surface area contributed by atoms with Crippen molar-refractivity contribution in [3.63, 3.8) is 0 Å². The Labute approximate surface area is 114 Å². The molecule has 0 bridgehead atoms. The topological polar surface area (TPSA) is 56.0 Å². The van der Waals surface area contributed by atoms with E-state index in [0.717, 1.165) is 11.3 Å². The van der Waals surface area contributed by atoms with Gasteiger partial charge < -0.3 is 0 Å². The predicted molar refractivity (Wildman–Crippen MR) is 71.0 cm³/mol. The molecule has 0 unspecified atom stereocenters. The summed E-state index contributed by atoms with van der Waals surface area (Å²) in [6.07, 6.45) is 7.36. The minimum absolute atomic E-state index is 0.539. The van der Waals surface area contributed by atoms with Gasteiger partial charge in [-0.15, -0.1) is 0 Å². The van der Waals surface area contributed by atoms with Crippen molar-refractivity contribution in [3.8, 4) is 11.4 Å². The Morgan fingerprint density at radius 3 is 2.79 bits per heavy atom. The summed E-state index contributed by atoms with van der Waals surface area (Å²) in [5.74, 6) is 0.581. The van der Waals surface area contributed by atoms with Gasteiger partial charge in [0, 0.05) is 30.4 Å². The molecule has 19 heavy (non-hydrogen) atoms. The fourth-order valence-electron chi connectivity index (χ4n) is 2.10. The first-order valence-electron chi connectivity index (χ1n) is 6.14. The molecule has 3 aromatic heterocycles. The van der Waals surface area contributed by atoms with Gasteiger partial charge in [0.1, 0.15) is 10.8 Å². The van der Waals surface area contributed by atoms with Crippen LogP contribution in [-0.4, -0.2) is 24.6 Å². The highest BCUT2D eigenvalue weighted by Crippen LogP contribution is 2.39. The van der Waals surface area contributed by atoms with Crippen LogP contribution in [0.4, 0.5) is 0 Å². The van der Waals surface area contributed by atoms with E-state index in [2.05, 4.69) is 20.1 Å². The van der Waals surface area contributed by atoms with Gasteiger partial charge in [-0.05, 0) is 12.8 Å². The van der Waals surface area contributed by atoms with Gasteiger partial charge >= 0.3 is 0 Å². The Morgan fingerprint density at radius 1 is 1.16 bits per heavy atom. The molecule has 0 aliphatic heterocycles. The number of hydrogen-bond donors (Lipinski definition) is 0. The molecule has 5 nitrogen and oxygen atoms in total. The van der Waals surface area contributed by atoms with E-state index in [9.17, 15) is 0 Å². The summed E-state index contributed by atoms with van der Waals surface area (Å²) in [6, 6.07) is 3.77. The number of nitrogens with zero attached hydrogens (tertiary/aromatic N) is 5. The third-order valence-corrected chi connectivity index (χ3v) is 3.49. The Kier molecular flexibility index (Phi) is 2.29. The molecule has 1 fully saturated rings. The monoisotopic (exact) mass is 271 g/mol. The zero-order chi connectivity index (χ0) is 12.8. The maximum Gasteiger partial charge on any atom is 0.157 e. The quantitative estimate of drug-likeness (QED) is 0.673. The van der Waals surface area contributed by atoms with E-state index < -0.39 is 0 Å². The minimum Gasteiger partial charge on any atom is -0.261 e. The van der Waals surface area contributed by atoms with Crippen LogP contribution in [0.1, 0.15) is 24.5 Å². The molecule has 0 saturated heterocycles. The maximum absolute atomic E-state index is 6.26. The average Bonchev–Trinajstić information content (AvgIpc) is 3.20. The second-order valence-electron chi connectivity index (χ2n) is 4.67. The van der Waals surface area contributed by atoms with Gasteiger partial charge in [-0.1, -0.05) is 11.6 Å². The predicted octanol–water partition coefficient (Wildman–Crippen LogP) is 2.72. The van der Waals surface area contributed by atoms with Crippen LogP contribution in [0.3, 0.4) is 0 Å². The Balaban J connectivity index is 1.89. The van der Waals surface area contributed by atoms with Crippen molar-refractivity contribution in [3.05, 3.63) is 41.6 Å². The van der Waals surface area contributed by atoms with Crippen molar-refractivity contribution in [2.24, 2.45) is 0 Å². The van der Waals surface area contributed by atoms with Crippen LogP contribution in [0.5, 0.6) is 0 Å². The Morgan fingerprint density at radius 2 is 2.05 bits per heavy atom. The molecule has 3 aromatic rings. The highest BCUT2D eigenvalue weighted by atomic mass is 35.5. The number of halogens is 1. The molecule has 94 valence electrons. The van der Waals surface area contributed by atoms with E-state index in [1.807, 2.05) is 6.07 Å². The maximum atomic E-state index is 6.26. The van der Waals surface area contributed by atoms with Gasteiger partial charge in [0.2, 0.25) is 0 Å². The summed E-state index contributed by atoms with van der Waals surface area (Å²) in [6.45, 7) is 0. The molecule has 0 radical (unpaired) electrons. The van der Waals surface area contributed by atoms with E-state index in [0.29, 0.717) is 22.5 Å². The lowest BCUT2D eigenvalue weighted by Crippen LogP contribution is -1.96. The third-order valence-electron chi connectivity index (χ3n) is 3.22. The SMILES string of the molecule is Clc1cc(-c2cnccn2)nc2cc(C3CC3)nn12. The molecule has 1 aliphatic rings. The summed E-state index contributed by atoms with van der Waals surface area (Å²) < 4.78 is 1.68. The molecule has 0 spiro atoms. The molecular weight excluding hydrogens is 262 g/mol. The third kappa shape index (κ3) is 1.86. The molecule has 0 N–H and O–H groups in total. The van der Waals surface area contributed by atoms with Crippen molar-refractivity contribution in [2.75, 3.05) is 0 Å². The minimum atomic E-state index is 0.539. The first-order valence-corrected chi connectivity index (χ1v) is 6.52. The van der Waals surface area contributed by atoms with Gasteiger partial charge in [-0.2, -0.15) is 5.10 Å². The first-order chi connectivity index (χ1) is 9.31. The lowest BCUT2D eigenvalue weighted by molar-refractivity contribution is 0.882. The lowest BCUT2D eigenvalue weighted by atomic mass is 10.3. The zero-order valence-electron chi connectivity index (χ0n) is 9.99. The summed E-state index contributed by atoms with van der Waals surface area (Å²) in [7, 11) is 0. The number of hydrogen-bond acceptors (Lipinski definition) is 4. The van der Waals surface area contributed by atoms with Crippen LogP contribution in [0.25, 0.3) is 17.0 Å². The van der Waals surface area contributed by atoms with Crippen LogP contribution in [0, 0.1) is 0 Å². The van der Waals surface area contributed by atoms with Gasteiger partial charge in [0.15, 0.2) is 5.65 Å². The van der Waals surface area contributed by atoms with Crippen LogP contribution < -0.4 is 0 Å². The van der Waals surface area contributed by atoms with Gasteiger partial charge in [0.05, 0.1) is 17.6 Å². The van der Waals surface area contributed by atoms with E-state index in [-0.39, 0.29) is 0 Å². The first kappa shape index (κ1) is 10.9. The summed E-state index contributed by atoms with van der Waals surface area (Å²) >= 11 is 6.26. The second-order valence-corrected chi connectivity index (χ2v) is 5.06.